The first-order valence-electron chi connectivity index (χ1n) is 7.07. The topological polar surface area (TPSA) is 105 Å². The Kier molecular flexibility index (Phi) is 4.72. The highest BCUT2D eigenvalue weighted by Crippen LogP contribution is 2.39. The van der Waals surface area contributed by atoms with Crippen LogP contribution < -0.4 is 5.32 Å². The molecule has 1 aliphatic carbocycles. The number of nitrogens with one attached hydrogen (secondary N) is 1. The van der Waals surface area contributed by atoms with Crippen LogP contribution in [0.25, 0.3) is 0 Å². The van der Waals surface area contributed by atoms with Gasteiger partial charge in [-0.3, -0.25) is 14.9 Å². The molecule has 0 amide bonds. The Balaban J connectivity index is 2.00. The molecule has 0 unspecified atom stereocenters. The van der Waals surface area contributed by atoms with Crippen LogP contribution in [0.4, 0.5) is 11.5 Å². The zero-order valence-corrected chi connectivity index (χ0v) is 11.7. The zero-order valence-electron chi connectivity index (χ0n) is 11.7. The zero-order chi connectivity index (χ0) is 15.3. The van der Waals surface area contributed by atoms with Gasteiger partial charge in [-0.15, -0.1) is 0 Å². The molecule has 0 radical (unpaired) electrons. The second-order valence-corrected chi connectivity index (χ2v) is 5.64. The van der Waals surface area contributed by atoms with E-state index >= 15 is 0 Å². The van der Waals surface area contributed by atoms with E-state index in [1.807, 2.05) is 0 Å². The lowest BCUT2D eigenvalue weighted by Gasteiger charge is -2.36. The Morgan fingerprint density at radius 3 is 2.62 bits per heavy atom. The molecular weight excluding hydrogens is 274 g/mol. The summed E-state index contributed by atoms with van der Waals surface area (Å²) in [5, 5.41) is 22.8. The van der Waals surface area contributed by atoms with Crippen LogP contribution in [-0.4, -0.2) is 27.5 Å². The van der Waals surface area contributed by atoms with Gasteiger partial charge in [0.2, 0.25) is 0 Å². The number of nitrogens with zero attached hydrogens (tertiary/aromatic N) is 2. The fourth-order valence-electron chi connectivity index (χ4n) is 2.92. The summed E-state index contributed by atoms with van der Waals surface area (Å²) >= 11 is 0. The van der Waals surface area contributed by atoms with Crippen LogP contribution in [0.2, 0.25) is 0 Å². The number of carboxylic acids is 1. The van der Waals surface area contributed by atoms with Gasteiger partial charge in [0.15, 0.2) is 0 Å². The van der Waals surface area contributed by atoms with E-state index in [4.69, 9.17) is 5.11 Å². The molecule has 1 heterocycles. The molecule has 7 heteroatoms. The molecule has 0 aromatic carbocycles. The van der Waals surface area contributed by atoms with Crippen molar-refractivity contribution < 1.29 is 14.8 Å². The number of aliphatic carboxylic acids is 1. The number of aromatic nitrogens is 1. The maximum absolute atomic E-state index is 11.1. The first-order valence-corrected chi connectivity index (χ1v) is 7.07. The Morgan fingerprint density at radius 2 is 2.10 bits per heavy atom. The van der Waals surface area contributed by atoms with Gasteiger partial charge in [-0.25, -0.2) is 4.98 Å². The van der Waals surface area contributed by atoms with Gasteiger partial charge in [-0.2, -0.15) is 0 Å². The molecule has 0 spiro atoms. The Bertz CT molecular complexity index is 509. The number of hydrogen-bond acceptors (Lipinski definition) is 5. The van der Waals surface area contributed by atoms with Crippen molar-refractivity contribution >= 4 is 17.5 Å². The van der Waals surface area contributed by atoms with Crippen LogP contribution in [0, 0.1) is 15.5 Å². The van der Waals surface area contributed by atoms with Crippen molar-refractivity contribution in [3.63, 3.8) is 0 Å². The number of nitro groups is 1. The highest BCUT2D eigenvalue weighted by atomic mass is 16.6. The fourth-order valence-corrected chi connectivity index (χ4v) is 2.92. The number of hydrogen-bond donors (Lipinski definition) is 2. The van der Waals surface area contributed by atoms with Gasteiger partial charge in [-0.1, -0.05) is 19.3 Å². The molecule has 1 saturated carbocycles. The quantitative estimate of drug-likeness (QED) is 0.617. The second kappa shape index (κ2) is 6.51. The number of carboxylic acid groups (broad SMARTS) is 1. The summed E-state index contributed by atoms with van der Waals surface area (Å²) in [5.41, 5.74) is -0.299. The summed E-state index contributed by atoms with van der Waals surface area (Å²) in [5.74, 6) is -0.244. The van der Waals surface area contributed by atoms with Crippen molar-refractivity contribution in [1.82, 2.24) is 4.98 Å². The standard InChI is InChI=1S/C14H19N3O4/c18-13(19)8-14(6-2-1-3-7-14)10-16-12-5-4-11(9-15-12)17(20)21/h4-5,9H,1-3,6-8,10H2,(H,15,16)(H,18,19). The smallest absolute Gasteiger partial charge is 0.303 e. The van der Waals surface area contributed by atoms with Crippen molar-refractivity contribution in [2.75, 3.05) is 11.9 Å². The van der Waals surface area contributed by atoms with Crippen molar-refractivity contribution in [1.29, 1.82) is 0 Å². The molecule has 1 aliphatic rings. The van der Waals surface area contributed by atoms with Crippen LogP contribution in [0.5, 0.6) is 0 Å². The van der Waals surface area contributed by atoms with E-state index in [9.17, 15) is 14.9 Å². The molecule has 0 bridgehead atoms. The third-order valence-corrected chi connectivity index (χ3v) is 4.04. The summed E-state index contributed by atoms with van der Waals surface area (Å²) in [4.78, 5) is 25.2. The van der Waals surface area contributed by atoms with Gasteiger partial charge in [0.05, 0.1) is 11.3 Å². The molecule has 21 heavy (non-hydrogen) atoms. The lowest BCUT2D eigenvalue weighted by Crippen LogP contribution is -2.34. The molecular formula is C14H19N3O4. The van der Waals surface area contributed by atoms with E-state index in [1.165, 1.54) is 12.3 Å². The van der Waals surface area contributed by atoms with E-state index in [2.05, 4.69) is 10.3 Å². The number of anilines is 1. The van der Waals surface area contributed by atoms with E-state index in [0.717, 1.165) is 32.1 Å². The lowest BCUT2D eigenvalue weighted by atomic mass is 9.71. The van der Waals surface area contributed by atoms with Gasteiger partial charge in [0.1, 0.15) is 12.0 Å². The Labute approximate surface area is 122 Å². The average molecular weight is 293 g/mol. The summed E-state index contributed by atoms with van der Waals surface area (Å²) in [6.07, 6.45) is 6.36. The average Bonchev–Trinajstić information content (AvgIpc) is 2.46. The maximum Gasteiger partial charge on any atom is 0.303 e. The molecule has 0 aliphatic heterocycles. The minimum absolute atomic E-state index is 0.0570. The van der Waals surface area contributed by atoms with Crippen LogP contribution in [0.15, 0.2) is 18.3 Å². The third-order valence-electron chi connectivity index (χ3n) is 4.04. The maximum atomic E-state index is 11.1. The van der Waals surface area contributed by atoms with E-state index < -0.39 is 10.9 Å². The Morgan fingerprint density at radius 1 is 1.38 bits per heavy atom. The molecule has 1 aromatic heterocycles. The largest absolute Gasteiger partial charge is 0.481 e. The van der Waals surface area contributed by atoms with Crippen molar-refractivity contribution in [2.45, 2.75) is 38.5 Å². The van der Waals surface area contributed by atoms with Gasteiger partial charge in [-0.05, 0) is 24.3 Å². The first-order chi connectivity index (χ1) is 10.0. The van der Waals surface area contributed by atoms with Gasteiger partial charge >= 0.3 is 5.97 Å². The van der Waals surface area contributed by atoms with Gasteiger partial charge < -0.3 is 10.4 Å². The Hall–Kier alpha value is -2.18. The van der Waals surface area contributed by atoms with Gasteiger partial charge in [0.25, 0.3) is 5.69 Å². The molecule has 0 atom stereocenters. The molecule has 114 valence electrons. The van der Waals surface area contributed by atoms with E-state index in [1.54, 1.807) is 6.07 Å². The minimum Gasteiger partial charge on any atom is -0.481 e. The van der Waals surface area contributed by atoms with Gasteiger partial charge in [0, 0.05) is 12.6 Å². The predicted octanol–water partition coefficient (Wildman–Crippen LogP) is 2.83. The summed E-state index contributed by atoms with van der Waals surface area (Å²) < 4.78 is 0. The monoisotopic (exact) mass is 293 g/mol. The molecule has 2 N–H and O–H groups in total. The molecule has 0 saturated heterocycles. The molecule has 1 fully saturated rings. The highest BCUT2D eigenvalue weighted by molar-refractivity contribution is 5.67. The molecule has 1 aromatic rings. The summed E-state index contributed by atoms with van der Waals surface area (Å²) in [6, 6.07) is 2.94. The number of rotatable bonds is 6. The lowest BCUT2D eigenvalue weighted by molar-refractivity contribution is -0.385. The number of carbonyl (C=O) groups is 1. The second-order valence-electron chi connectivity index (χ2n) is 5.64. The summed E-state index contributed by atoms with van der Waals surface area (Å²) in [6.45, 7) is 0.532. The van der Waals surface area contributed by atoms with Crippen LogP contribution >= 0.6 is 0 Å². The van der Waals surface area contributed by atoms with Crippen LogP contribution in [0.3, 0.4) is 0 Å². The SMILES string of the molecule is O=C(O)CC1(CNc2ccc([N+](=O)[O-])cn2)CCCCC1. The fraction of sp³-hybridized carbons (Fsp3) is 0.571. The molecule has 2 rings (SSSR count). The first kappa shape index (κ1) is 15.2. The van der Waals surface area contributed by atoms with E-state index in [-0.39, 0.29) is 17.5 Å². The van der Waals surface area contributed by atoms with Crippen molar-refractivity contribution in [2.24, 2.45) is 5.41 Å². The van der Waals surface area contributed by atoms with Crippen molar-refractivity contribution in [3.05, 3.63) is 28.4 Å². The van der Waals surface area contributed by atoms with Crippen molar-refractivity contribution in [3.8, 4) is 0 Å². The predicted molar refractivity (Wildman–Crippen MR) is 77.2 cm³/mol. The van der Waals surface area contributed by atoms with Crippen LogP contribution in [0.1, 0.15) is 38.5 Å². The molecule has 7 nitrogen and oxygen atoms in total. The number of pyridine rings is 1. The normalized spacial score (nSPS) is 17.1. The minimum atomic E-state index is -0.782. The third kappa shape index (κ3) is 4.14. The van der Waals surface area contributed by atoms with Crippen LogP contribution in [-0.2, 0) is 4.79 Å². The van der Waals surface area contributed by atoms with E-state index in [0.29, 0.717) is 12.4 Å². The highest BCUT2D eigenvalue weighted by Gasteiger charge is 2.34. The summed E-state index contributed by atoms with van der Waals surface area (Å²) in [7, 11) is 0.